The van der Waals surface area contributed by atoms with Gasteiger partial charge in [-0.15, -0.1) is 22.7 Å². The van der Waals surface area contributed by atoms with Crippen molar-refractivity contribution in [1.29, 1.82) is 0 Å². The predicted molar refractivity (Wildman–Crippen MR) is 158 cm³/mol. The van der Waals surface area contributed by atoms with Crippen molar-refractivity contribution in [2.75, 3.05) is 4.90 Å². The van der Waals surface area contributed by atoms with E-state index in [0.29, 0.717) is 0 Å². The summed E-state index contributed by atoms with van der Waals surface area (Å²) in [7, 11) is 0. The van der Waals surface area contributed by atoms with E-state index in [2.05, 4.69) is 149 Å². The van der Waals surface area contributed by atoms with Gasteiger partial charge in [0.15, 0.2) is 0 Å². The number of para-hydroxylation sites is 1. The Labute approximate surface area is 221 Å². The third-order valence-corrected chi connectivity index (χ3v) is 9.03. The van der Waals surface area contributed by atoms with Crippen molar-refractivity contribution in [2.45, 2.75) is 0 Å². The molecule has 34 heavy (non-hydrogen) atoms. The standard InChI is InChI=1S/C30H20INS2/c31-30-18-17-28(34-30)29-20-23-19-26(15-16-27(23)33-29)32(24-9-5-2-6-10-24)25-13-11-22(12-14-25)21-7-3-1-4-8-21/h1-20H. The molecule has 0 unspecified atom stereocenters. The first-order valence-corrected chi connectivity index (χ1v) is 13.8. The number of anilines is 3. The molecule has 0 radical (unpaired) electrons. The van der Waals surface area contributed by atoms with Crippen LogP contribution in [-0.2, 0) is 0 Å². The Morgan fingerprint density at radius 3 is 1.85 bits per heavy atom. The molecule has 2 aromatic heterocycles. The van der Waals surface area contributed by atoms with Gasteiger partial charge in [0.1, 0.15) is 0 Å². The van der Waals surface area contributed by atoms with E-state index in [1.165, 1.54) is 33.9 Å². The minimum atomic E-state index is 1.15. The number of hydrogen-bond acceptors (Lipinski definition) is 3. The molecular formula is C30H20INS2. The number of halogens is 1. The molecule has 0 amide bonds. The van der Waals surface area contributed by atoms with Crippen LogP contribution in [-0.4, -0.2) is 0 Å². The second-order valence-corrected chi connectivity index (χ2v) is 12.1. The lowest BCUT2D eigenvalue weighted by atomic mass is 10.0. The number of hydrogen-bond donors (Lipinski definition) is 0. The number of benzene rings is 4. The van der Waals surface area contributed by atoms with E-state index < -0.39 is 0 Å². The minimum Gasteiger partial charge on any atom is -0.310 e. The Morgan fingerprint density at radius 1 is 0.500 bits per heavy atom. The number of fused-ring (bicyclic) bond motifs is 1. The fourth-order valence-corrected chi connectivity index (χ4v) is 6.94. The van der Waals surface area contributed by atoms with Crippen LogP contribution in [0.2, 0.25) is 0 Å². The first kappa shape index (κ1) is 21.6. The van der Waals surface area contributed by atoms with E-state index in [1.807, 2.05) is 22.7 Å². The molecule has 0 spiro atoms. The molecule has 4 aromatic carbocycles. The summed E-state index contributed by atoms with van der Waals surface area (Å²) in [5, 5.41) is 1.28. The van der Waals surface area contributed by atoms with Crippen molar-refractivity contribution < 1.29 is 0 Å². The Kier molecular flexibility index (Phi) is 5.95. The monoisotopic (exact) mass is 585 g/mol. The molecule has 164 valence electrons. The highest BCUT2D eigenvalue weighted by Crippen LogP contribution is 2.41. The molecule has 4 heteroatoms. The topological polar surface area (TPSA) is 3.24 Å². The highest BCUT2D eigenvalue weighted by atomic mass is 127. The van der Waals surface area contributed by atoms with Crippen molar-refractivity contribution in [3.05, 3.63) is 124 Å². The van der Waals surface area contributed by atoms with Gasteiger partial charge in [0.2, 0.25) is 0 Å². The SMILES string of the molecule is Ic1ccc(-c2cc3cc(N(c4ccccc4)c4ccc(-c5ccccc5)cc4)ccc3s2)s1. The van der Waals surface area contributed by atoms with E-state index in [4.69, 9.17) is 0 Å². The van der Waals surface area contributed by atoms with Gasteiger partial charge in [-0.2, -0.15) is 0 Å². The molecule has 0 fully saturated rings. The van der Waals surface area contributed by atoms with E-state index in [0.717, 1.165) is 17.1 Å². The van der Waals surface area contributed by atoms with E-state index in [1.54, 1.807) is 0 Å². The molecule has 0 atom stereocenters. The molecule has 1 nitrogen and oxygen atoms in total. The lowest BCUT2D eigenvalue weighted by molar-refractivity contribution is 1.29. The summed E-state index contributed by atoms with van der Waals surface area (Å²) in [5.74, 6) is 0. The highest BCUT2D eigenvalue weighted by molar-refractivity contribution is 14.1. The second kappa shape index (κ2) is 9.37. The predicted octanol–water partition coefficient (Wildman–Crippen LogP) is 10.4. The van der Waals surface area contributed by atoms with Crippen LogP contribution >= 0.6 is 45.3 Å². The van der Waals surface area contributed by atoms with Gasteiger partial charge in [-0.1, -0.05) is 60.7 Å². The third-order valence-electron chi connectivity index (χ3n) is 5.82. The lowest BCUT2D eigenvalue weighted by Gasteiger charge is -2.25. The zero-order valence-electron chi connectivity index (χ0n) is 18.2. The molecule has 2 heterocycles. The first-order valence-electron chi connectivity index (χ1n) is 11.0. The van der Waals surface area contributed by atoms with Crippen molar-refractivity contribution in [2.24, 2.45) is 0 Å². The summed E-state index contributed by atoms with van der Waals surface area (Å²) in [5.41, 5.74) is 5.92. The summed E-state index contributed by atoms with van der Waals surface area (Å²) in [6, 6.07) is 43.5. The number of nitrogens with zero attached hydrogens (tertiary/aromatic N) is 1. The van der Waals surface area contributed by atoms with Gasteiger partial charge in [-0.25, -0.2) is 0 Å². The fourth-order valence-electron chi connectivity index (χ4n) is 4.20. The number of rotatable bonds is 5. The normalized spacial score (nSPS) is 11.1. The van der Waals surface area contributed by atoms with Crippen LogP contribution in [0.4, 0.5) is 17.1 Å². The smallest absolute Gasteiger partial charge is 0.0660 e. The second-order valence-electron chi connectivity index (χ2n) is 8.02. The van der Waals surface area contributed by atoms with Crippen LogP contribution in [0, 0.1) is 2.88 Å². The van der Waals surface area contributed by atoms with Crippen LogP contribution in [0.5, 0.6) is 0 Å². The zero-order valence-corrected chi connectivity index (χ0v) is 22.0. The minimum absolute atomic E-state index is 1.15. The maximum absolute atomic E-state index is 2.40. The van der Waals surface area contributed by atoms with Crippen LogP contribution in [0.3, 0.4) is 0 Å². The van der Waals surface area contributed by atoms with Gasteiger partial charge >= 0.3 is 0 Å². The molecule has 0 saturated carbocycles. The molecule has 0 saturated heterocycles. The van der Waals surface area contributed by atoms with Crippen molar-refractivity contribution in [3.8, 4) is 20.9 Å². The van der Waals surface area contributed by atoms with Gasteiger partial charge in [0.05, 0.1) is 2.88 Å². The van der Waals surface area contributed by atoms with Gasteiger partial charge in [-0.3, -0.25) is 0 Å². The summed E-state index contributed by atoms with van der Waals surface area (Å²) < 4.78 is 2.63. The van der Waals surface area contributed by atoms with Crippen LogP contribution in [0.1, 0.15) is 0 Å². The average Bonchev–Trinajstić information content (AvgIpc) is 3.52. The lowest BCUT2D eigenvalue weighted by Crippen LogP contribution is -2.09. The molecule has 6 aromatic rings. The maximum atomic E-state index is 2.40. The third kappa shape index (κ3) is 4.29. The Hall–Kier alpha value is -2.93. The quantitative estimate of drug-likeness (QED) is 0.182. The van der Waals surface area contributed by atoms with Gasteiger partial charge < -0.3 is 4.90 Å². The molecular weight excluding hydrogens is 565 g/mol. The highest BCUT2D eigenvalue weighted by Gasteiger charge is 2.14. The van der Waals surface area contributed by atoms with Crippen molar-refractivity contribution in [1.82, 2.24) is 0 Å². The number of thiophene rings is 2. The summed E-state index contributed by atoms with van der Waals surface area (Å²) >= 11 is 6.11. The van der Waals surface area contributed by atoms with Crippen molar-refractivity contribution in [3.63, 3.8) is 0 Å². The van der Waals surface area contributed by atoms with Gasteiger partial charge in [-0.05, 0) is 99.8 Å². The van der Waals surface area contributed by atoms with Crippen LogP contribution < -0.4 is 4.90 Å². The molecule has 0 bridgehead atoms. The average molecular weight is 586 g/mol. The van der Waals surface area contributed by atoms with Crippen molar-refractivity contribution >= 4 is 72.4 Å². The van der Waals surface area contributed by atoms with Gasteiger partial charge in [0.25, 0.3) is 0 Å². The van der Waals surface area contributed by atoms with Gasteiger partial charge in [0, 0.05) is 31.5 Å². The molecule has 6 rings (SSSR count). The molecule has 0 aliphatic rings. The Bertz CT molecular complexity index is 1550. The molecule has 0 N–H and O–H groups in total. The largest absolute Gasteiger partial charge is 0.310 e. The molecule has 0 aliphatic heterocycles. The van der Waals surface area contributed by atoms with Crippen LogP contribution in [0.25, 0.3) is 31.0 Å². The van der Waals surface area contributed by atoms with Crippen LogP contribution in [0.15, 0.2) is 121 Å². The maximum Gasteiger partial charge on any atom is 0.0660 e. The van der Waals surface area contributed by atoms with E-state index in [-0.39, 0.29) is 0 Å². The zero-order chi connectivity index (χ0) is 22.9. The Morgan fingerprint density at radius 2 is 1.15 bits per heavy atom. The summed E-state index contributed by atoms with van der Waals surface area (Å²) in [4.78, 5) is 5.00. The Balaban J connectivity index is 1.42. The first-order chi connectivity index (χ1) is 16.7. The summed E-state index contributed by atoms with van der Waals surface area (Å²) in [6.07, 6.45) is 0. The summed E-state index contributed by atoms with van der Waals surface area (Å²) in [6.45, 7) is 0. The van der Waals surface area contributed by atoms with E-state index in [9.17, 15) is 0 Å². The molecule has 0 aliphatic carbocycles. The fraction of sp³-hybridized carbons (Fsp3) is 0. The van der Waals surface area contributed by atoms with E-state index >= 15 is 0 Å².